The Morgan fingerprint density at radius 1 is 1.38 bits per heavy atom. The molecule has 0 amide bonds. The van der Waals surface area contributed by atoms with Gasteiger partial charge in [0.2, 0.25) is 0 Å². The minimum Gasteiger partial charge on any atom is -0.508 e. The molecule has 2 rings (SSSR count). The van der Waals surface area contributed by atoms with Gasteiger partial charge in [-0.2, -0.15) is 0 Å². The molecule has 0 saturated carbocycles. The van der Waals surface area contributed by atoms with Gasteiger partial charge in [0, 0.05) is 17.7 Å². The van der Waals surface area contributed by atoms with Crippen LogP contribution in [0.5, 0.6) is 5.75 Å². The highest BCUT2D eigenvalue weighted by molar-refractivity contribution is 6.33. The third-order valence-corrected chi connectivity index (χ3v) is 2.70. The highest BCUT2D eigenvalue weighted by atomic mass is 35.5. The van der Waals surface area contributed by atoms with Crippen molar-refractivity contribution in [3.63, 3.8) is 0 Å². The molecule has 0 atom stereocenters. The van der Waals surface area contributed by atoms with E-state index in [0.29, 0.717) is 10.9 Å². The second-order valence-electron chi connectivity index (χ2n) is 3.99. The Hall–Kier alpha value is -1.48. The second kappa shape index (κ2) is 4.18. The van der Waals surface area contributed by atoms with Crippen LogP contribution in [-0.2, 0) is 0 Å². The standard InChI is InChI=1S/C12H13ClN2O/c1-7(2)12-14-6-11(15-12)9-5-8(16)3-4-10(9)13/h3-7,16H,1-2H3,(H,14,15). The van der Waals surface area contributed by atoms with Gasteiger partial charge in [-0.05, 0) is 18.2 Å². The first-order chi connectivity index (χ1) is 7.58. The number of H-pyrrole nitrogens is 1. The number of aromatic amines is 1. The van der Waals surface area contributed by atoms with E-state index >= 15 is 0 Å². The molecule has 0 fully saturated rings. The van der Waals surface area contributed by atoms with Crippen molar-refractivity contribution >= 4 is 11.6 Å². The topological polar surface area (TPSA) is 48.9 Å². The van der Waals surface area contributed by atoms with E-state index in [-0.39, 0.29) is 5.75 Å². The molecule has 0 aliphatic heterocycles. The Balaban J connectivity index is 2.46. The van der Waals surface area contributed by atoms with E-state index in [1.807, 2.05) is 0 Å². The largest absolute Gasteiger partial charge is 0.508 e. The average Bonchev–Trinajstić information content (AvgIpc) is 2.70. The van der Waals surface area contributed by atoms with E-state index < -0.39 is 0 Å². The SMILES string of the molecule is CC(C)c1nc(-c2cc(O)ccc2Cl)c[nH]1. The number of rotatable bonds is 2. The minimum atomic E-state index is 0.188. The zero-order valence-corrected chi connectivity index (χ0v) is 9.92. The summed E-state index contributed by atoms with van der Waals surface area (Å²) >= 11 is 6.05. The Labute approximate surface area is 99.1 Å². The van der Waals surface area contributed by atoms with E-state index in [1.54, 1.807) is 24.4 Å². The number of halogens is 1. The number of phenols is 1. The number of nitrogens with zero attached hydrogens (tertiary/aromatic N) is 1. The summed E-state index contributed by atoms with van der Waals surface area (Å²) in [6.45, 7) is 4.12. The van der Waals surface area contributed by atoms with Crippen molar-refractivity contribution in [2.24, 2.45) is 0 Å². The number of hydrogen-bond acceptors (Lipinski definition) is 2. The van der Waals surface area contributed by atoms with Crippen LogP contribution < -0.4 is 0 Å². The maximum absolute atomic E-state index is 9.42. The van der Waals surface area contributed by atoms with Gasteiger partial charge < -0.3 is 10.1 Å². The average molecular weight is 237 g/mol. The molecule has 1 aromatic heterocycles. The molecule has 1 aromatic carbocycles. The molecule has 0 bridgehead atoms. The normalized spacial score (nSPS) is 11.0. The Morgan fingerprint density at radius 2 is 2.12 bits per heavy atom. The lowest BCUT2D eigenvalue weighted by atomic mass is 10.1. The highest BCUT2D eigenvalue weighted by Gasteiger charge is 2.10. The fraction of sp³-hybridized carbons (Fsp3) is 0.250. The zero-order valence-electron chi connectivity index (χ0n) is 9.16. The lowest BCUT2D eigenvalue weighted by Gasteiger charge is -2.01. The first-order valence-electron chi connectivity index (χ1n) is 5.12. The number of aromatic nitrogens is 2. The summed E-state index contributed by atoms with van der Waals surface area (Å²) in [5.74, 6) is 1.44. The fourth-order valence-corrected chi connectivity index (χ4v) is 1.69. The Kier molecular flexibility index (Phi) is 2.88. The van der Waals surface area contributed by atoms with Gasteiger partial charge in [-0.15, -0.1) is 0 Å². The van der Waals surface area contributed by atoms with Crippen molar-refractivity contribution < 1.29 is 5.11 Å². The summed E-state index contributed by atoms with van der Waals surface area (Å²) < 4.78 is 0. The van der Waals surface area contributed by atoms with Gasteiger partial charge >= 0.3 is 0 Å². The van der Waals surface area contributed by atoms with Crippen LogP contribution >= 0.6 is 11.6 Å². The third kappa shape index (κ3) is 2.04. The lowest BCUT2D eigenvalue weighted by Crippen LogP contribution is -1.89. The van der Waals surface area contributed by atoms with E-state index in [0.717, 1.165) is 17.1 Å². The van der Waals surface area contributed by atoms with Crippen molar-refractivity contribution in [1.29, 1.82) is 0 Å². The predicted octanol–water partition coefficient (Wildman–Crippen LogP) is 3.56. The zero-order chi connectivity index (χ0) is 11.7. The lowest BCUT2D eigenvalue weighted by molar-refractivity contribution is 0.475. The Bertz CT molecular complexity index is 505. The van der Waals surface area contributed by atoms with Crippen LogP contribution in [0.3, 0.4) is 0 Å². The molecule has 0 spiro atoms. The molecule has 0 unspecified atom stereocenters. The molecule has 1 heterocycles. The van der Waals surface area contributed by atoms with Gasteiger partial charge in [0.25, 0.3) is 0 Å². The number of aromatic hydroxyl groups is 1. The van der Waals surface area contributed by atoms with Crippen LogP contribution in [0.1, 0.15) is 25.6 Å². The molecule has 2 aromatic rings. The summed E-state index contributed by atoms with van der Waals surface area (Å²) in [4.78, 5) is 7.53. The van der Waals surface area contributed by atoms with Gasteiger partial charge in [-0.25, -0.2) is 4.98 Å². The van der Waals surface area contributed by atoms with Gasteiger partial charge in [-0.1, -0.05) is 25.4 Å². The van der Waals surface area contributed by atoms with Crippen LogP contribution in [-0.4, -0.2) is 15.1 Å². The van der Waals surface area contributed by atoms with Gasteiger partial charge in [0.15, 0.2) is 0 Å². The molecule has 84 valence electrons. The summed E-state index contributed by atoms with van der Waals surface area (Å²) in [5, 5.41) is 10.0. The van der Waals surface area contributed by atoms with Crippen LogP contribution in [0.4, 0.5) is 0 Å². The maximum atomic E-state index is 9.42. The van der Waals surface area contributed by atoms with Crippen molar-refractivity contribution in [3.05, 3.63) is 35.2 Å². The van der Waals surface area contributed by atoms with E-state index in [1.165, 1.54) is 0 Å². The van der Waals surface area contributed by atoms with Crippen molar-refractivity contribution in [2.75, 3.05) is 0 Å². The highest BCUT2D eigenvalue weighted by Crippen LogP contribution is 2.30. The maximum Gasteiger partial charge on any atom is 0.116 e. The van der Waals surface area contributed by atoms with Crippen molar-refractivity contribution in [2.45, 2.75) is 19.8 Å². The molecule has 0 aliphatic carbocycles. The molecule has 0 radical (unpaired) electrons. The van der Waals surface area contributed by atoms with Crippen molar-refractivity contribution in [3.8, 4) is 17.0 Å². The number of hydrogen-bond donors (Lipinski definition) is 2. The van der Waals surface area contributed by atoms with E-state index in [2.05, 4.69) is 23.8 Å². The quantitative estimate of drug-likeness (QED) is 0.838. The number of imidazole rings is 1. The molecule has 2 N–H and O–H groups in total. The molecule has 0 saturated heterocycles. The smallest absolute Gasteiger partial charge is 0.116 e. The number of phenolic OH excluding ortho intramolecular Hbond substituents is 1. The molecule has 16 heavy (non-hydrogen) atoms. The van der Waals surface area contributed by atoms with Gasteiger partial charge in [0.05, 0.1) is 10.7 Å². The summed E-state index contributed by atoms with van der Waals surface area (Å²) in [7, 11) is 0. The summed E-state index contributed by atoms with van der Waals surface area (Å²) in [6, 6.07) is 4.83. The van der Waals surface area contributed by atoms with Crippen LogP contribution in [0, 0.1) is 0 Å². The third-order valence-electron chi connectivity index (χ3n) is 2.37. The first kappa shape index (κ1) is 11.0. The molecule has 0 aliphatic rings. The monoisotopic (exact) mass is 236 g/mol. The van der Waals surface area contributed by atoms with Crippen LogP contribution in [0.2, 0.25) is 5.02 Å². The van der Waals surface area contributed by atoms with Gasteiger partial charge in [-0.3, -0.25) is 0 Å². The van der Waals surface area contributed by atoms with Crippen LogP contribution in [0.15, 0.2) is 24.4 Å². The number of benzene rings is 1. The van der Waals surface area contributed by atoms with E-state index in [9.17, 15) is 5.11 Å². The number of nitrogens with one attached hydrogen (secondary N) is 1. The van der Waals surface area contributed by atoms with E-state index in [4.69, 9.17) is 11.6 Å². The summed E-state index contributed by atoms with van der Waals surface area (Å²) in [5.41, 5.74) is 1.49. The Morgan fingerprint density at radius 3 is 2.75 bits per heavy atom. The minimum absolute atomic E-state index is 0.188. The molecule has 4 heteroatoms. The predicted molar refractivity (Wildman–Crippen MR) is 64.8 cm³/mol. The summed E-state index contributed by atoms with van der Waals surface area (Å²) in [6.07, 6.45) is 1.80. The molecular formula is C12H13ClN2O. The first-order valence-corrected chi connectivity index (χ1v) is 5.50. The fourth-order valence-electron chi connectivity index (χ4n) is 1.48. The van der Waals surface area contributed by atoms with Gasteiger partial charge in [0.1, 0.15) is 11.6 Å². The van der Waals surface area contributed by atoms with Crippen LogP contribution in [0.25, 0.3) is 11.3 Å². The second-order valence-corrected chi connectivity index (χ2v) is 4.40. The molecule has 3 nitrogen and oxygen atoms in total. The van der Waals surface area contributed by atoms with Crippen molar-refractivity contribution in [1.82, 2.24) is 9.97 Å². The molecular weight excluding hydrogens is 224 g/mol.